The zero-order valence-corrected chi connectivity index (χ0v) is 13.0. The maximum Gasteiger partial charge on any atom is 0.240 e. The van der Waals surface area contributed by atoms with Crippen molar-refractivity contribution in [1.29, 1.82) is 0 Å². The van der Waals surface area contributed by atoms with E-state index in [1.165, 1.54) is 12.1 Å². The molecule has 0 fully saturated rings. The van der Waals surface area contributed by atoms with Crippen molar-refractivity contribution >= 4 is 37.6 Å². The molecule has 0 aliphatic heterocycles. The van der Waals surface area contributed by atoms with E-state index in [-0.39, 0.29) is 11.4 Å². The monoisotopic (exact) mass is 359 g/mol. The fourth-order valence-corrected chi connectivity index (χ4v) is 3.11. The Balaban J connectivity index is 2.12. The molecule has 1 N–H and O–H groups in total. The van der Waals surface area contributed by atoms with Crippen molar-refractivity contribution in [3.05, 3.63) is 63.6 Å². The van der Waals surface area contributed by atoms with Crippen LogP contribution in [0.4, 0.5) is 0 Å². The molecule has 0 heterocycles. The van der Waals surface area contributed by atoms with Gasteiger partial charge in [-0.05, 0) is 42.0 Å². The molecular formula is C13H11BrClNO2S. The normalized spacial score (nSPS) is 11.5. The van der Waals surface area contributed by atoms with E-state index in [1.54, 1.807) is 12.1 Å². The number of sulfonamides is 1. The molecule has 6 heteroatoms. The Hall–Kier alpha value is -0.880. The van der Waals surface area contributed by atoms with Gasteiger partial charge in [-0.1, -0.05) is 39.7 Å². The summed E-state index contributed by atoms with van der Waals surface area (Å²) in [6.07, 6.45) is 0. The molecule has 0 aliphatic rings. The van der Waals surface area contributed by atoms with Gasteiger partial charge in [-0.3, -0.25) is 0 Å². The summed E-state index contributed by atoms with van der Waals surface area (Å²) in [4.78, 5) is 0.201. The Bertz CT molecular complexity index is 671. The van der Waals surface area contributed by atoms with Gasteiger partial charge in [0, 0.05) is 16.0 Å². The summed E-state index contributed by atoms with van der Waals surface area (Å²) in [7, 11) is -3.51. The third-order valence-corrected chi connectivity index (χ3v) is 4.64. The summed E-state index contributed by atoms with van der Waals surface area (Å²) in [5.41, 5.74) is 0.881. The molecule has 0 aromatic heterocycles. The van der Waals surface area contributed by atoms with E-state index in [2.05, 4.69) is 20.7 Å². The van der Waals surface area contributed by atoms with Crippen molar-refractivity contribution in [2.24, 2.45) is 0 Å². The zero-order valence-electron chi connectivity index (χ0n) is 9.81. The third-order valence-electron chi connectivity index (χ3n) is 2.48. The summed E-state index contributed by atoms with van der Waals surface area (Å²) >= 11 is 9.08. The molecular weight excluding hydrogens is 350 g/mol. The minimum atomic E-state index is -3.51. The van der Waals surface area contributed by atoms with Crippen LogP contribution in [0.1, 0.15) is 5.56 Å². The van der Waals surface area contributed by atoms with Gasteiger partial charge >= 0.3 is 0 Å². The second-order valence-corrected chi connectivity index (χ2v) is 7.03. The molecule has 2 aromatic rings. The van der Waals surface area contributed by atoms with Crippen LogP contribution in [0.5, 0.6) is 0 Å². The van der Waals surface area contributed by atoms with Crippen LogP contribution >= 0.6 is 27.5 Å². The summed E-state index contributed by atoms with van der Waals surface area (Å²) in [5, 5.41) is 0.505. The van der Waals surface area contributed by atoms with Gasteiger partial charge < -0.3 is 0 Å². The van der Waals surface area contributed by atoms with Crippen LogP contribution in [-0.4, -0.2) is 8.42 Å². The Morgan fingerprint density at radius 3 is 2.42 bits per heavy atom. The molecule has 19 heavy (non-hydrogen) atoms. The Kier molecular flexibility index (Phi) is 4.62. The lowest BCUT2D eigenvalue weighted by atomic mass is 10.2. The van der Waals surface area contributed by atoms with Gasteiger partial charge in [0.1, 0.15) is 0 Å². The fourth-order valence-electron chi connectivity index (χ4n) is 1.52. The van der Waals surface area contributed by atoms with Crippen LogP contribution in [0.3, 0.4) is 0 Å². The maximum absolute atomic E-state index is 12.0. The maximum atomic E-state index is 12.0. The molecule has 0 amide bonds. The fraction of sp³-hybridized carbons (Fsp3) is 0.0769. The molecule has 3 nitrogen and oxygen atoms in total. The van der Waals surface area contributed by atoms with Crippen molar-refractivity contribution < 1.29 is 8.42 Å². The third kappa shape index (κ3) is 4.04. The van der Waals surface area contributed by atoms with E-state index in [1.807, 2.05) is 24.3 Å². The average Bonchev–Trinajstić information content (AvgIpc) is 2.37. The van der Waals surface area contributed by atoms with E-state index in [4.69, 9.17) is 11.6 Å². The van der Waals surface area contributed by atoms with Crippen LogP contribution in [0.2, 0.25) is 5.02 Å². The van der Waals surface area contributed by atoms with Crippen molar-refractivity contribution in [2.75, 3.05) is 0 Å². The van der Waals surface area contributed by atoms with Gasteiger partial charge in [-0.2, -0.15) is 0 Å². The smallest absolute Gasteiger partial charge is 0.207 e. The standard InChI is InChI=1S/C13H11BrClNO2S/c14-11-3-1-2-10(8-11)9-16-19(17,18)13-6-4-12(15)5-7-13/h1-8,16H,9H2. The van der Waals surface area contributed by atoms with E-state index in [0.717, 1.165) is 10.0 Å². The first-order valence-corrected chi connectivity index (χ1v) is 8.12. The van der Waals surface area contributed by atoms with Crippen LogP contribution in [0.25, 0.3) is 0 Å². The van der Waals surface area contributed by atoms with E-state index < -0.39 is 10.0 Å². The Morgan fingerprint density at radius 1 is 1.11 bits per heavy atom. The van der Waals surface area contributed by atoms with Crippen molar-refractivity contribution in [2.45, 2.75) is 11.4 Å². The molecule has 0 spiro atoms. The topological polar surface area (TPSA) is 46.2 Å². The van der Waals surface area contributed by atoms with E-state index in [0.29, 0.717) is 5.02 Å². The SMILES string of the molecule is O=S(=O)(NCc1cccc(Br)c1)c1ccc(Cl)cc1. The molecule has 0 aliphatic carbocycles. The number of hydrogen-bond donors (Lipinski definition) is 1. The van der Waals surface area contributed by atoms with E-state index >= 15 is 0 Å². The number of rotatable bonds is 4. The van der Waals surface area contributed by atoms with Gasteiger partial charge in [-0.25, -0.2) is 13.1 Å². The van der Waals surface area contributed by atoms with Gasteiger partial charge in [0.25, 0.3) is 0 Å². The predicted octanol–water partition coefficient (Wildman–Crippen LogP) is 3.58. The highest BCUT2D eigenvalue weighted by Crippen LogP contribution is 2.15. The lowest BCUT2D eigenvalue weighted by molar-refractivity contribution is 0.581. The molecule has 0 radical (unpaired) electrons. The molecule has 0 unspecified atom stereocenters. The second kappa shape index (κ2) is 6.05. The summed E-state index contributed by atoms with van der Waals surface area (Å²) in [5.74, 6) is 0. The van der Waals surface area contributed by atoms with Crippen LogP contribution in [0.15, 0.2) is 57.9 Å². The number of hydrogen-bond acceptors (Lipinski definition) is 2. The highest BCUT2D eigenvalue weighted by atomic mass is 79.9. The van der Waals surface area contributed by atoms with Crippen molar-refractivity contribution in [3.63, 3.8) is 0 Å². The molecule has 0 atom stereocenters. The summed E-state index contributed by atoms with van der Waals surface area (Å²) in [6, 6.07) is 13.5. The molecule has 2 rings (SSSR count). The van der Waals surface area contributed by atoms with Crippen LogP contribution in [-0.2, 0) is 16.6 Å². The largest absolute Gasteiger partial charge is 0.240 e. The first-order chi connectivity index (χ1) is 8.97. The van der Waals surface area contributed by atoms with Gasteiger partial charge in [0.05, 0.1) is 4.90 Å². The molecule has 0 saturated carbocycles. The molecule has 2 aromatic carbocycles. The predicted molar refractivity (Wildman–Crippen MR) is 79.6 cm³/mol. The highest BCUT2D eigenvalue weighted by Gasteiger charge is 2.13. The van der Waals surface area contributed by atoms with Crippen molar-refractivity contribution in [3.8, 4) is 0 Å². The molecule has 0 bridgehead atoms. The number of halogens is 2. The van der Waals surface area contributed by atoms with Gasteiger partial charge in [0.2, 0.25) is 10.0 Å². The van der Waals surface area contributed by atoms with Crippen LogP contribution < -0.4 is 4.72 Å². The van der Waals surface area contributed by atoms with E-state index in [9.17, 15) is 8.42 Å². The minimum absolute atomic E-state index is 0.201. The number of nitrogens with one attached hydrogen (secondary N) is 1. The Morgan fingerprint density at radius 2 is 1.79 bits per heavy atom. The highest BCUT2D eigenvalue weighted by molar-refractivity contribution is 9.10. The summed E-state index contributed by atoms with van der Waals surface area (Å²) in [6.45, 7) is 0.240. The lowest BCUT2D eigenvalue weighted by Gasteiger charge is -2.07. The first-order valence-electron chi connectivity index (χ1n) is 5.47. The molecule has 100 valence electrons. The summed E-state index contributed by atoms with van der Waals surface area (Å²) < 4.78 is 27.5. The number of benzene rings is 2. The van der Waals surface area contributed by atoms with Crippen molar-refractivity contribution in [1.82, 2.24) is 4.72 Å². The first kappa shape index (κ1) is 14.5. The van der Waals surface area contributed by atoms with Gasteiger partial charge in [-0.15, -0.1) is 0 Å². The molecule has 0 saturated heterocycles. The minimum Gasteiger partial charge on any atom is -0.207 e. The second-order valence-electron chi connectivity index (χ2n) is 3.91. The quantitative estimate of drug-likeness (QED) is 0.906. The van der Waals surface area contributed by atoms with Crippen LogP contribution in [0, 0.1) is 0 Å². The van der Waals surface area contributed by atoms with Gasteiger partial charge in [0.15, 0.2) is 0 Å². The lowest BCUT2D eigenvalue weighted by Crippen LogP contribution is -2.23. The Labute approximate surface area is 125 Å². The zero-order chi connectivity index (χ0) is 13.9. The average molecular weight is 361 g/mol.